The number of alkyl halides is 3. The number of nitrogens with zero attached hydrogens (tertiary/aromatic N) is 2. The van der Waals surface area contributed by atoms with E-state index >= 15 is 0 Å². The first-order valence-electron chi connectivity index (χ1n) is 10.5. The average molecular weight is 482 g/mol. The van der Waals surface area contributed by atoms with E-state index in [1.807, 2.05) is 0 Å². The SMILES string of the molecule is O=C1C(=O)N(Cc2cccc(C(F)(F)F)c2)C(c2ccncc2)/C1=C(/O)c1ccc2c(c1)OCO2. The van der Waals surface area contributed by atoms with Crippen molar-refractivity contribution in [2.75, 3.05) is 6.79 Å². The Bertz CT molecular complexity index is 1350. The Balaban J connectivity index is 1.60. The molecule has 35 heavy (non-hydrogen) atoms. The van der Waals surface area contributed by atoms with Gasteiger partial charge >= 0.3 is 6.18 Å². The Morgan fingerprint density at radius 1 is 1.03 bits per heavy atom. The summed E-state index contributed by atoms with van der Waals surface area (Å²) in [6, 6.07) is 11.2. The van der Waals surface area contributed by atoms with Crippen molar-refractivity contribution in [3.8, 4) is 11.5 Å². The largest absolute Gasteiger partial charge is 0.507 e. The molecule has 1 saturated heterocycles. The predicted octanol–water partition coefficient (Wildman–Crippen LogP) is 4.45. The first kappa shape index (κ1) is 22.5. The number of aromatic nitrogens is 1. The number of amides is 1. The van der Waals surface area contributed by atoms with E-state index in [1.54, 1.807) is 18.2 Å². The van der Waals surface area contributed by atoms with Gasteiger partial charge in [0.15, 0.2) is 11.5 Å². The quantitative estimate of drug-likeness (QED) is 0.336. The van der Waals surface area contributed by atoms with Crippen molar-refractivity contribution < 1.29 is 37.3 Å². The summed E-state index contributed by atoms with van der Waals surface area (Å²) in [7, 11) is 0. The summed E-state index contributed by atoms with van der Waals surface area (Å²) >= 11 is 0. The number of likely N-dealkylation sites (tertiary alicyclic amines) is 1. The van der Waals surface area contributed by atoms with E-state index in [0.29, 0.717) is 17.1 Å². The molecular weight excluding hydrogens is 465 g/mol. The second kappa shape index (κ2) is 8.46. The lowest BCUT2D eigenvalue weighted by molar-refractivity contribution is -0.140. The minimum Gasteiger partial charge on any atom is -0.507 e. The monoisotopic (exact) mass is 482 g/mol. The van der Waals surface area contributed by atoms with Crippen LogP contribution in [0, 0.1) is 0 Å². The second-order valence-electron chi connectivity index (χ2n) is 7.97. The summed E-state index contributed by atoms with van der Waals surface area (Å²) in [6.45, 7) is -0.267. The highest BCUT2D eigenvalue weighted by Gasteiger charge is 2.46. The fourth-order valence-electron chi connectivity index (χ4n) is 4.18. The third-order valence-electron chi connectivity index (χ3n) is 5.82. The molecule has 2 aliphatic heterocycles. The van der Waals surface area contributed by atoms with Gasteiger partial charge in [-0.3, -0.25) is 14.6 Å². The molecule has 1 fully saturated rings. The Morgan fingerprint density at radius 3 is 2.51 bits per heavy atom. The zero-order valence-electron chi connectivity index (χ0n) is 18.0. The molecule has 0 saturated carbocycles. The van der Waals surface area contributed by atoms with Crippen molar-refractivity contribution in [2.24, 2.45) is 0 Å². The molecule has 3 heterocycles. The maximum atomic E-state index is 13.2. The van der Waals surface area contributed by atoms with Crippen LogP contribution in [-0.2, 0) is 22.3 Å². The van der Waals surface area contributed by atoms with E-state index in [1.165, 1.54) is 36.7 Å². The molecule has 1 N–H and O–H groups in total. The zero-order valence-corrected chi connectivity index (χ0v) is 18.0. The van der Waals surface area contributed by atoms with Crippen LogP contribution in [0.15, 0.2) is 72.6 Å². The van der Waals surface area contributed by atoms with Crippen LogP contribution in [-0.4, -0.2) is 33.5 Å². The number of aliphatic hydroxyl groups excluding tert-OH is 1. The number of benzene rings is 2. The van der Waals surface area contributed by atoms with Gasteiger partial charge in [0.1, 0.15) is 5.76 Å². The van der Waals surface area contributed by atoms with Crippen molar-refractivity contribution in [1.29, 1.82) is 0 Å². The number of rotatable bonds is 4. The number of ketones is 1. The highest BCUT2D eigenvalue weighted by atomic mass is 19.4. The van der Waals surface area contributed by atoms with Crippen LogP contribution >= 0.6 is 0 Å². The fourth-order valence-corrected chi connectivity index (χ4v) is 4.18. The number of Topliss-reactive ketones (excluding diaryl/α,β-unsaturated/α-hetero) is 1. The standard InChI is InChI=1S/C25H17F3N2O5/c26-25(27,28)17-3-1-2-14(10-17)12-30-21(15-6-8-29-9-7-15)20(23(32)24(30)33)22(31)16-4-5-18-19(11-16)35-13-34-18/h1-11,21,31H,12-13H2/b22-20-. The Kier molecular flexibility index (Phi) is 5.43. The number of aliphatic hydroxyl groups is 1. The van der Waals surface area contributed by atoms with Crippen molar-refractivity contribution >= 4 is 17.4 Å². The number of hydrogen-bond acceptors (Lipinski definition) is 6. The van der Waals surface area contributed by atoms with Gasteiger partial charge in [0, 0.05) is 24.5 Å². The molecule has 7 nitrogen and oxygen atoms in total. The smallest absolute Gasteiger partial charge is 0.416 e. The summed E-state index contributed by atoms with van der Waals surface area (Å²) in [6.07, 6.45) is -1.64. The Hall–Kier alpha value is -4.34. The normalized spacial score (nSPS) is 18.8. The van der Waals surface area contributed by atoms with E-state index in [4.69, 9.17) is 9.47 Å². The number of pyridine rings is 1. The molecule has 0 radical (unpaired) electrons. The predicted molar refractivity (Wildman–Crippen MR) is 116 cm³/mol. The van der Waals surface area contributed by atoms with E-state index in [0.717, 1.165) is 17.0 Å². The summed E-state index contributed by atoms with van der Waals surface area (Å²) in [5.74, 6) is -1.49. The summed E-state index contributed by atoms with van der Waals surface area (Å²) in [4.78, 5) is 31.3. The van der Waals surface area contributed by atoms with Gasteiger partial charge in [-0.25, -0.2) is 0 Å². The van der Waals surface area contributed by atoms with Gasteiger partial charge in [-0.15, -0.1) is 0 Å². The van der Waals surface area contributed by atoms with Gasteiger partial charge < -0.3 is 19.5 Å². The van der Waals surface area contributed by atoms with E-state index in [9.17, 15) is 27.9 Å². The summed E-state index contributed by atoms with van der Waals surface area (Å²) in [5.41, 5.74) is -0.179. The molecule has 1 atom stereocenters. The first-order valence-corrected chi connectivity index (χ1v) is 10.5. The molecule has 0 spiro atoms. The topological polar surface area (TPSA) is 89.0 Å². The van der Waals surface area contributed by atoms with Gasteiger partial charge in [0.2, 0.25) is 6.79 Å². The lowest BCUT2D eigenvalue weighted by atomic mass is 9.95. The van der Waals surface area contributed by atoms with Gasteiger partial charge in [-0.05, 0) is 53.6 Å². The molecule has 178 valence electrons. The molecular formula is C25H17F3N2O5. The third kappa shape index (κ3) is 4.07. The molecule has 2 aromatic carbocycles. The molecule has 1 aromatic heterocycles. The lowest BCUT2D eigenvalue weighted by Crippen LogP contribution is -2.29. The maximum absolute atomic E-state index is 13.2. The average Bonchev–Trinajstić information content (AvgIpc) is 3.42. The first-order chi connectivity index (χ1) is 16.7. The van der Waals surface area contributed by atoms with Crippen LogP contribution in [0.1, 0.15) is 28.3 Å². The Labute approximate surface area is 197 Å². The Morgan fingerprint density at radius 2 is 1.77 bits per heavy atom. The minimum atomic E-state index is -4.56. The van der Waals surface area contributed by atoms with Crippen LogP contribution < -0.4 is 9.47 Å². The number of hydrogen-bond donors (Lipinski definition) is 1. The molecule has 10 heteroatoms. The van der Waals surface area contributed by atoms with Crippen molar-refractivity contribution in [3.63, 3.8) is 0 Å². The van der Waals surface area contributed by atoms with Crippen molar-refractivity contribution in [2.45, 2.75) is 18.8 Å². The van der Waals surface area contributed by atoms with Crippen LogP contribution in [0.3, 0.4) is 0 Å². The lowest BCUT2D eigenvalue weighted by Gasteiger charge is -2.25. The summed E-state index contributed by atoms with van der Waals surface area (Å²) < 4.78 is 50.2. The maximum Gasteiger partial charge on any atom is 0.416 e. The van der Waals surface area contributed by atoms with Gasteiger partial charge in [0.25, 0.3) is 11.7 Å². The van der Waals surface area contributed by atoms with Gasteiger partial charge in [-0.1, -0.05) is 12.1 Å². The van der Waals surface area contributed by atoms with Gasteiger partial charge in [0.05, 0.1) is 17.2 Å². The van der Waals surface area contributed by atoms with Gasteiger partial charge in [-0.2, -0.15) is 13.2 Å². The van der Waals surface area contributed by atoms with Crippen molar-refractivity contribution in [3.05, 3.63) is 94.8 Å². The molecule has 1 unspecified atom stereocenters. The molecule has 1 amide bonds. The van der Waals surface area contributed by atoms with E-state index < -0.39 is 35.2 Å². The van der Waals surface area contributed by atoms with E-state index in [2.05, 4.69) is 4.98 Å². The third-order valence-corrected chi connectivity index (χ3v) is 5.82. The second-order valence-corrected chi connectivity index (χ2v) is 7.97. The van der Waals surface area contributed by atoms with Crippen LogP contribution in [0.4, 0.5) is 13.2 Å². The zero-order chi connectivity index (χ0) is 24.7. The van der Waals surface area contributed by atoms with Crippen LogP contribution in [0.2, 0.25) is 0 Å². The highest BCUT2D eigenvalue weighted by molar-refractivity contribution is 6.46. The molecule has 0 aliphatic carbocycles. The number of carbonyl (C=O) groups is 2. The number of halogens is 3. The number of fused-ring (bicyclic) bond motifs is 1. The minimum absolute atomic E-state index is 0.0118. The van der Waals surface area contributed by atoms with Crippen LogP contribution in [0.25, 0.3) is 5.76 Å². The van der Waals surface area contributed by atoms with Crippen LogP contribution in [0.5, 0.6) is 11.5 Å². The molecule has 2 aliphatic rings. The number of carbonyl (C=O) groups excluding carboxylic acids is 2. The fraction of sp³-hybridized carbons (Fsp3) is 0.160. The molecule has 3 aromatic rings. The summed E-state index contributed by atoms with van der Waals surface area (Å²) in [5, 5.41) is 11.1. The highest BCUT2D eigenvalue weighted by Crippen LogP contribution is 2.42. The van der Waals surface area contributed by atoms with Crippen molar-refractivity contribution in [1.82, 2.24) is 9.88 Å². The molecule has 5 rings (SSSR count). The number of ether oxygens (including phenoxy) is 2. The molecule has 0 bridgehead atoms. The van der Waals surface area contributed by atoms with E-state index in [-0.39, 0.29) is 30.0 Å².